The lowest BCUT2D eigenvalue weighted by molar-refractivity contribution is 0.669. The van der Waals surface area contributed by atoms with E-state index in [1.807, 2.05) is 12.1 Å². The van der Waals surface area contributed by atoms with Crippen molar-refractivity contribution in [1.29, 1.82) is 0 Å². The molecule has 2 heteroatoms. The fraction of sp³-hybridized carbons (Fsp3) is 0. The van der Waals surface area contributed by atoms with Gasteiger partial charge in [0.05, 0.1) is 0 Å². The van der Waals surface area contributed by atoms with Crippen LogP contribution in [0.1, 0.15) is 0 Å². The minimum Gasteiger partial charge on any atom is -0.456 e. The van der Waals surface area contributed by atoms with Crippen LogP contribution in [0.5, 0.6) is 0 Å². The van der Waals surface area contributed by atoms with Gasteiger partial charge in [-0.15, -0.1) is 0 Å². The molecule has 0 spiro atoms. The molecule has 1 heterocycles. The van der Waals surface area contributed by atoms with Crippen molar-refractivity contribution in [2.75, 3.05) is 4.90 Å². The molecule has 2 nitrogen and oxygen atoms in total. The Bertz CT molecular complexity index is 2860. The van der Waals surface area contributed by atoms with Gasteiger partial charge in [-0.2, -0.15) is 0 Å². The maximum Gasteiger partial charge on any atom is 0.137 e. The fourth-order valence-electron chi connectivity index (χ4n) is 7.78. The third-order valence-corrected chi connectivity index (χ3v) is 10.4. The van der Waals surface area contributed by atoms with Crippen LogP contribution >= 0.6 is 0 Å². The zero-order chi connectivity index (χ0) is 35.8. The van der Waals surface area contributed by atoms with Gasteiger partial charge in [0.1, 0.15) is 11.2 Å². The minimum absolute atomic E-state index is 0.864. The van der Waals surface area contributed by atoms with Gasteiger partial charge in [-0.25, -0.2) is 0 Å². The summed E-state index contributed by atoms with van der Waals surface area (Å²) in [5.74, 6) is 0. The molecule has 10 aromatic rings. The number of furan rings is 1. The van der Waals surface area contributed by atoms with Gasteiger partial charge in [-0.05, 0) is 110 Å². The Morgan fingerprint density at radius 1 is 0.278 bits per heavy atom. The molecule has 9 aromatic carbocycles. The molecular formula is C52H35NO. The number of benzene rings is 9. The van der Waals surface area contributed by atoms with Crippen molar-refractivity contribution in [1.82, 2.24) is 0 Å². The van der Waals surface area contributed by atoms with Crippen LogP contribution in [-0.4, -0.2) is 0 Å². The molecule has 0 radical (unpaired) electrons. The highest BCUT2D eigenvalue weighted by atomic mass is 16.3. The second kappa shape index (κ2) is 13.4. The monoisotopic (exact) mass is 689 g/mol. The summed E-state index contributed by atoms with van der Waals surface area (Å²) in [4.78, 5) is 2.35. The molecule has 0 N–H and O–H groups in total. The Labute approximate surface area is 314 Å². The predicted molar refractivity (Wildman–Crippen MR) is 228 cm³/mol. The highest BCUT2D eigenvalue weighted by Crippen LogP contribution is 2.42. The molecular weight excluding hydrogens is 655 g/mol. The van der Waals surface area contributed by atoms with E-state index in [4.69, 9.17) is 4.42 Å². The number of nitrogens with zero attached hydrogens (tertiary/aromatic N) is 1. The molecule has 0 aliphatic heterocycles. The normalized spacial score (nSPS) is 11.3. The first-order valence-corrected chi connectivity index (χ1v) is 18.4. The lowest BCUT2D eigenvalue weighted by atomic mass is 9.95. The minimum atomic E-state index is 0.864. The van der Waals surface area contributed by atoms with Crippen LogP contribution < -0.4 is 4.90 Å². The van der Waals surface area contributed by atoms with Crippen LogP contribution in [0.4, 0.5) is 17.1 Å². The second-order valence-corrected chi connectivity index (χ2v) is 13.8. The lowest BCUT2D eigenvalue weighted by Crippen LogP contribution is -2.10. The Kier molecular flexibility index (Phi) is 7.85. The van der Waals surface area contributed by atoms with Gasteiger partial charge in [-0.1, -0.05) is 152 Å². The Hall–Kier alpha value is -7.16. The zero-order valence-electron chi connectivity index (χ0n) is 29.6. The highest BCUT2D eigenvalue weighted by molar-refractivity contribution is 6.06. The van der Waals surface area contributed by atoms with Crippen molar-refractivity contribution in [3.8, 4) is 44.5 Å². The molecule has 54 heavy (non-hydrogen) atoms. The van der Waals surface area contributed by atoms with Crippen LogP contribution in [0.2, 0.25) is 0 Å². The van der Waals surface area contributed by atoms with Gasteiger partial charge in [0.15, 0.2) is 0 Å². The topological polar surface area (TPSA) is 16.4 Å². The SMILES string of the molecule is c1ccc(-c2cc(-c3ccccc3)cc(N(c3ccc(-c4cccc(-c5cccc6ccccc56)c4)cc3)c3ccc4c(c3)oc3ccccc34)c2)cc1. The molecule has 0 atom stereocenters. The standard InChI is InChI=1S/C52H35NO/c1-3-13-36(14-4-1)42-32-43(37-15-5-2-6-16-37)34-46(33-42)53(45-29-30-50-49-22-9-10-24-51(49)54-52(50)35-45)44-27-25-38(26-28-44)40-19-11-20-41(31-40)48-23-12-18-39-17-7-8-21-47(39)48/h1-35H. The maximum absolute atomic E-state index is 6.43. The molecule has 0 fully saturated rings. The number of anilines is 3. The van der Waals surface area contributed by atoms with E-state index < -0.39 is 0 Å². The first-order chi connectivity index (χ1) is 26.7. The fourth-order valence-corrected chi connectivity index (χ4v) is 7.78. The Morgan fingerprint density at radius 3 is 1.57 bits per heavy atom. The summed E-state index contributed by atoms with van der Waals surface area (Å²) < 4.78 is 6.43. The molecule has 0 unspecified atom stereocenters. The van der Waals surface area contributed by atoms with Crippen LogP contribution in [0, 0.1) is 0 Å². The number of hydrogen-bond acceptors (Lipinski definition) is 2. The van der Waals surface area contributed by atoms with E-state index in [1.54, 1.807) is 0 Å². The quantitative estimate of drug-likeness (QED) is 0.166. The van der Waals surface area contributed by atoms with Crippen molar-refractivity contribution in [3.05, 3.63) is 212 Å². The average molecular weight is 690 g/mol. The first kappa shape index (κ1) is 31.6. The lowest BCUT2D eigenvalue weighted by Gasteiger charge is -2.27. The van der Waals surface area contributed by atoms with E-state index in [-0.39, 0.29) is 0 Å². The molecule has 0 bridgehead atoms. The molecule has 10 rings (SSSR count). The van der Waals surface area contributed by atoms with Gasteiger partial charge >= 0.3 is 0 Å². The van der Waals surface area contributed by atoms with Gasteiger partial charge in [0, 0.05) is 33.9 Å². The summed E-state index contributed by atoms with van der Waals surface area (Å²) in [5, 5.41) is 4.74. The highest BCUT2D eigenvalue weighted by Gasteiger charge is 2.18. The molecule has 0 saturated heterocycles. The van der Waals surface area contributed by atoms with Crippen molar-refractivity contribution in [3.63, 3.8) is 0 Å². The molecule has 254 valence electrons. The van der Waals surface area contributed by atoms with Gasteiger partial charge < -0.3 is 9.32 Å². The molecule has 0 amide bonds. The van der Waals surface area contributed by atoms with Crippen molar-refractivity contribution < 1.29 is 4.42 Å². The van der Waals surface area contributed by atoms with E-state index in [0.717, 1.165) is 55.7 Å². The molecule has 0 aliphatic carbocycles. The number of fused-ring (bicyclic) bond motifs is 4. The van der Waals surface area contributed by atoms with E-state index in [9.17, 15) is 0 Å². The van der Waals surface area contributed by atoms with E-state index in [0.29, 0.717) is 0 Å². The summed E-state index contributed by atoms with van der Waals surface area (Å²) in [6.07, 6.45) is 0. The summed E-state index contributed by atoms with van der Waals surface area (Å²) in [6.45, 7) is 0. The van der Waals surface area contributed by atoms with Gasteiger partial charge in [-0.3, -0.25) is 0 Å². The van der Waals surface area contributed by atoms with Crippen LogP contribution in [-0.2, 0) is 0 Å². The summed E-state index contributed by atoms with van der Waals surface area (Å²) in [5.41, 5.74) is 14.4. The Morgan fingerprint density at radius 2 is 0.815 bits per heavy atom. The number of hydrogen-bond donors (Lipinski definition) is 0. The zero-order valence-corrected chi connectivity index (χ0v) is 29.6. The summed E-state index contributed by atoms with van der Waals surface area (Å²) in [6, 6.07) is 76.0. The van der Waals surface area contributed by atoms with Crippen molar-refractivity contribution in [2.45, 2.75) is 0 Å². The first-order valence-electron chi connectivity index (χ1n) is 18.4. The average Bonchev–Trinajstić information content (AvgIpc) is 3.62. The third-order valence-electron chi connectivity index (χ3n) is 10.4. The smallest absolute Gasteiger partial charge is 0.137 e. The summed E-state index contributed by atoms with van der Waals surface area (Å²) in [7, 11) is 0. The second-order valence-electron chi connectivity index (χ2n) is 13.8. The van der Waals surface area contributed by atoms with E-state index in [1.165, 1.54) is 38.6 Å². The molecule has 0 aliphatic rings. The number of rotatable bonds is 7. The van der Waals surface area contributed by atoms with Crippen LogP contribution in [0.25, 0.3) is 77.2 Å². The maximum atomic E-state index is 6.43. The summed E-state index contributed by atoms with van der Waals surface area (Å²) >= 11 is 0. The van der Waals surface area contributed by atoms with Gasteiger partial charge in [0.25, 0.3) is 0 Å². The van der Waals surface area contributed by atoms with E-state index >= 15 is 0 Å². The Balaban J connectivity index is 1.12. The van der Waals surface area contributed by atoms with Crippen molar-refractivity contribution >= 4 is 49.8 Å². The van der Waals surface area contributed by atoms with E-state index in [2.05, 4.69) is 205 Å². The largest absolute Gasteiger partial charge is 0.456 e. The third kappa shape index (κ3) is 5.81. The molecule has 0 saturated carbocycles. The molecule has 1 aromatic heterocycles. The predicted octanol–water partition coefficient (Wildman–Crippen LogP) is 14.9. The van der Waals surface area contributed by atoms with Gasteiger partial charge in [0.2, 0.25) is 0 Å². The van der Waals surface area contributed by atoms with Crippen LogP contribution in [0.15, 0.2) is 217 Å². The van der Waals surface area contributed by atoms with Crippen molar-refractivity contribution in [2.24, 2.45) is 0 Å². The van der Waals surface area contributed by atoms with Crippen LogP contribution in [0.3, 0.4) is 0 Å². The number of para-hydroxylation sites is 1.